The zero-order valence-electron chi connectivity index (χ0n) is 19.1. The lowest BCUT2D eigenvalue weighted by molar-refractivity contribution is -0.183. The maximum Gasteiger partial charge on any atom is 0.331 e. The number of rotatable bonds is 5. The zero-order valence-corrected chi connectivity index (χ0v) is 19.1. The first kappa shape index (κ1) is 22.1. The maximum atomic E-state index is 13.9. The molecule has 5 rings (SSSR count). The lowest BCUT2D eigenvalue weighted by Gasteiger charge is -2.55. The molecule has 0 amide bonds. The molecule has 1 aliphatic heterocycles. The van der Waals surface area contributed by atoms with Crippen LogP contribution in [0.25, 0.3) is 10.9 Å². The third kappa shape index (κ3) is 3.97. The Morgan fingerprint density at radius 3 is 2.73 bits per heavy atom. The number of carbonyl (C=O) groups is 1. The van der Waals surface area contributed by atoms with Crippen molar-refractivity contribution in [2.24, 2.45) is 5.41 Å². The van der Waals surface area contributed by atoms with E-state index in [0.717, 1.165) is 46.3 Å². The number of likely N-dealkylation sites (tertiary alicyclic amines) is 1. The van der Waals surface area contributed by atoms with Gasteiger partial charge in [-0.3, -0.25) is 4.90 Å². The van der Waals surface area contributed by atoms with Crippen LogP contribution in [0, 0.1) is 12.3 Å². The lowest BCUT2D eigenvalue weighted by atomic mass is 9.58. The van der Waals surface area contributed by atoms with Crippen molar-refractivity contribution in [3.63, 3.8) is 0 Å². The van der Waals surface area contributed by atoms with E-state index >= 15 is 0 Å². The number of aromatic amines is 1. The van der Waals surface area contributed by atoms with Crippen LogP contribution in [0.15, 0.2) is 41.6 Å². The fourth-order valence-electron chi connectivity index (χ4n) is 6.19. The van der Waals surface area contributed by atoms with Gasteiger partial charge in [-0.15, -0.1) is 0 Å². The van der Waals surface area contributed by atoms with Crippen molar-refractivity contribution in [3.8, 4) is 5.75 Å². The number of piperidine rings is 1. The minimum absolute atomic E-state index is 0.0152. The highest BCUT2D eigenvalue weighted by molar-refractivity contribution is 5.88. The molecule has 1 atom stereocenters. The highest BCUT2D eigenvalue weighted by Crippen LogP contribution is 2.59. The predicted molar refractivity (Wildman–Crippen MR) is 123 cm³/mol. The minimum Gasteiger partial charge on any atom is -0.496 e. The Kier molecular flexibility index (Phi) is 5.35. The van der Waals surface area contributed by atoms with Gasteiger partial charge in [0.2, 0.25) is 5.92 Å². The van der Waals surface area contributed by atoms with Crippen LogP contribution >= 0.6 is 0 Å². The molecule has 1 spiro atoms. The second-order valence-electron chi connectivity index (χ2n) is 10.0. The molecule has 3 aliphatic rings. The largest absolute Gasteiger partial charge is 0.496 e. The molecule has 1 aromatic carbocycles. The second-order valence-corrected chi connectivity index (χ2v) is 10.0. The molecule has 2 aliphatic carbocycles. The number of halogens is 2. The average Bonchev–Trinajstić information content (AvgIpc) is 3.26. The number of nitrogens with one attached hydrogen (secondary N) is 1. The van der Waals surface area contributed by atoms with Crippen LogP contribution in [-0.2, 0) is 11.3 Å². The van der Waals surface area contributed by atoms with E-state index in [1.807, 2.05) is 18.3 Å². The van der Waals surface area contributed by atoms with Gasteiger partial charge in [0.05, 0.1) is 7.11 Å². The third-order valence-electron chi connectivity index (χ3n) is 7.84. The molecule has 1 saturated heterocycles. The van der Waals surface area contributed by atoms with E-state index in [-0.39, 0.29) is 24.3 Å². The first-order chi connectivity index (χ1) is 15.7. The monoisotopic (exact) mass is 456 g/mol. The van der Waals surface area contributed by atoms with Crippen LogP contribution in [0.5, 0.6) is 5.75 Å². The highest BCUT2D eigenvalue weighted by atomic mass is 19.3. The van der Waals surface area contributed by atoms with E-state index in [4.69, 9.17) is 4.74 Å². The van der Waals surface area contributed by atoms with Crippen molar-refractivity contribution in [1.29, 1.82) is 0 Å². The topological polar surface area (TPSA) is 65.6 Å². The number of hydrogen-bond acceptors (Lipinski definition) is 3. The van der Waals surface area contributed by atoms with Crippen molar-refractivity contribution >= 4 is 16.9 Å². The SMILES string of the molecule is COc1cc(C)c2[nH]ccc2c1CN1CCC2(C[C@H]1C1=CC=C(C(=O)O)CC1)CC(F)(F)C2. The summed E-state index contributed by atoms with van der Waals surface area (Å²) in [4.78, 5) is 17.1. The van der Waals surface area contributed by atoms with Crippen LogP contribution in [-0.4, -0.2) is 46.6 Å². The summed E-state index contributed by atoms with van der Waals surface area (Å²) in [6.45, 7) is 3.44. The number of carboxylic acids is 1. The molecule has 2 fully saturated rings. The first-order valence-corrected chi connectivity index (χ1v) is 11.6. The standard InChI is InChI=1S/C26H30F2N2O3/c1-16-11-22(33-2)20(19-7-9-29-23(16)19)13-30-10-8-25(14-26(27,28)15-25)12-21(30)17-3-5-18(6-4-17)24(31)32/h3,5,7,9,11,21,29H,4,6,8,10,12-15H2,1-2H3,(H,31,32)/t21-/m0/s1. The van der Waals surface area contributed by atoms with Gasteiger partial charge in [0.25, 0.3) is 0 Å². The number of ether oxygens (including phenoxy) is 1. The Morgan fingerprint density at radius 1 is 1.30 bits per heavy atom. The lowest BCUT2D eigenvalue weighted by Crippen LogP contribution is -2.56. The van der Waals surface area contributed by atoms with Crippen LogP contribution in [0.3, 0.4) is 0 Å². The Labute approximate surface area is 192 Å². The molecule has 176 valence electrons. The number of aromatic nitrogens is 1. The van der Waals surface area contributed by atoms with Crippen molar-refractivity contribution < 1.29 is 23.4 Å². The summed E-state index contributed by atoms with van der Waals surface area (Å²) in [5, 5.41) is 10.4. The number of nitrogens with zero attached hydrogens (tertiary/aromatic N) is 1. The molecular formula is C26H30F2N2O3. The molecule has 7 heteroatoms. The Balaban J connectivity index is 1.49. The number of fused-ring (bicyclic) bond motifs is 1. The number of alkyl halides is 2. The number of carboxylic acid groups (broad SMARTS) is 1. The summed E-state index contributed by atoms with van der Waals surface area (Å²) in [7, 11) is 1.68. The van der Waals surface area contributed by atoms with Crippen molar-refractivity contribution in [3.05, 3.63) is 52.8 Å². The van der Waals surface area contributed by atoms with Crippen molar-refractivity contribution in [2.75, 3.05) is 13.7 Å². The van der Waals surface area contributed by atoms with E-state index in [1.165, 1.54) is 0 Å². The summed E-state index contributed by atoms with van der Waals surface area (Å²) in [5.41, 5.74) is 4.52. The van der Waals surface area contributed by atoms with Crippen LogP contribution < -0.4 is 4.74 Å². The van der Waals surface area contributed by atoms with Gasteiger partial charge >= 0.3 is 5.97 Å². The molecule has 1 aromatic heterocycles. The minimum atomic E-state index is -2.55. The van der Waals surface area contributed by atoms with Gasteiger partial charge in [0.15, 0.2) is 0 Å². The van der Waals surface area contributed by atoms with E-state index in [1.54, 1.807) is 13.2 Å². The van der Waals surface area contributed by atoms with Gasteiger partial charge < -0.3 is 14.8 Å². The zero-order chi connectivity index (χ0) is 23.4. The van der Waals surface area contributed by atoms with Gasteiger partial charge in [-0.2, -0.15) is 0 Å². The summed E-state index contributed by atoms with van der Waals surface area (Å²) < 4.78 is 33.5. The van der Waals surface area contributed by atoms with Gasteiger partial charge in [-0.1, -0.05) is 17.7 Å². The van der Waals surface area contributed by atoms with Gasteiger partial charge in [0, 0.05) is 53.7 Å². The number of hydrogen-bond donors (Lipinski definition) is 2. The highest BCUT2D eigenvalue weighted by Gasteiger charge is 2.58. The molecular weight excluding hydrogens is 426 g/mol. The quantitative estimate of drug-likeness (QED) is 0.615. The normalized spacial score (nSPS) is 24.3. The summed E-state index contributed by atoms with van der Waals surface area (Å²) in [6.07, 6.45) is 8.03. The van der Waals surface area contributed by atoms with Gasteiger partial charge in [-0.05, 0) is 62.3 Å². The summed E-state index contributed by atoms with van der Waals surface area (Å²) >= 11 is 0. The van der Waals surface area contributed by atoms with E-state index in [9.17, 15) is 18.7 Å². The molecule has 5 nitrogen and oxygen atoms in total. The molecule has 33 heavy (non-hydrogen) atoms. The van der Waals surface area contributed by atoms with Gasteiger partial charge in [-0.25, -0.2) is 13.6 Å². The molecule has 2 aromatic rings. The second kappa shape index (κ2) is 7.97. The van der Waals surface area contributed by atoms with Crippen LogP contribution in [0.2, 0.25) is 0 Å². The molecule has 2 heterocycles. The molecule has 0 unspecified atom stereocenters. The first-order valence-electron chi connectivity index (χ1n) is 11.6. The number of benzene rings is 1. The third-order valence-corrected chi connectivity index (χ3v) is 7.84. The van der Waals surface area contributed by atoms with Crippen LogP contribution in [0.4, 0.5) is 8.78 Å². The number of aryl methyl sites for hydroxylation is 1. The van der Waals surface area contributed by atoms with E-state index in [2.05, 4.69) is 22.9 Å². The van der Waals surface area contributed by atoms with E-state index < -0.39 is 11.9 Å². The van der Waals surface area contributed by atoms with Crippen molar-refractivity contribution in [2.45, 2.75) is 64.0 Å². The van der Waals surface area contributed by atoms with E-state index in [0.29, 0.717) is 31.4 Å². The number of aliphatic carboxylic acids is 1. The molecule has 1 saturated carbocycles. The van der Waals surface area contributed by atoms with Crippen molar-refractivity contribution in [1.82, 2.24) is 9.88 Å². The Hall–Kier alpha value is -2.67. The summed E-state index contributed by atoms with van der Waals surface area (Å²) in [5.74, 6) is -2.61. The Bertz CT molecular complexity index is 1160. The summed E-state index contributed by atoms with van der Waals surface area (Å²) in [6, 6.07) is 4.12. The average molecular weight is 457 g/mol. The number of methoxy groups -OCH3 is 1. The Morgan fingerprint density at radius 2 is 2.09 bits per heavy atom. The molecule has 0 radical (unpaired) electrons. The molecule has 0 bridgehead atoms. The van der Waals surface area contributed by atoms with Gasteiger partial charge in [0.1, 0.15) is 5.75 Å². The number of allylic oxidation sites excluding steroid dienone is 2. The van der Waals surface area contributed by atoms with Crippen LogP contribution in [0.1, 0.15) is 49.7 Å². The number of H-pyrrole nitrogens is 1. The molecule has 2 N–H and O–H groups in total. The fourth-order valence-corrected chi connectivity index (χ4v) is 6.19. The smallest absolute Gasteiger partial charge is 0.331 e. The predicted octanol–water partition coefficient (Wildman–Crippen LogP) is 5.60. The fraction of sp³-hybridized carbons (Fsp3) is 0.500. The maximum absolute atomic E-state index is 13.9.